The second-order valence-electron chi connectivity index (χ2n) is 6.16. The largest absolute Gasteiger partial charge is 0.494 e. The van der Waals surface area contributed by atoms with E-state index in [1.165, 1.54) is 11.8 Å². The second-order valence-corrected chi connectivity index (χ2v) is 8.05. The molecule has 8 heteroatoms. The van der Waals surface area contributed by atoms with Crippen LogP contribution in [0.1, 0.15) is 19.4 Å². The molecule has 1 saturated heterocycles. The summed E-state index contributed by atoms with van der Waals surface area (Å²) in [6, 6.07) is 11.0. The zero-order valence-corrected chi connectivity index (χ0v) is 19.5. The van der Waals surface area contributed by atoms with Gasteiger partial charge >= 0.3 is 0 Å². The molecule has 1 aliphatic heterocycles. The van der Waals surface area contributed by atoms with Crippen LogP contribution in [0.4, 0.5) is 5.69 Å². The van der Waals surface area contributed by atoms with Gasteiger partial charge in [0.2, 0.25) is 0 Å². The third kappa shape index (κ3) is 6.06. The van der Waals surface area contributed by atoms with Crippen LogP contribution in [0.2, 0.25) is 0 Å². The molecule has 2 aromatic carbocycles. The molecule has 160 valence electrons. The third-order valence-corrected chi connectivity index (χ3v) is 5.46. The lowest BCUT2D eigenvalue weighted by molar-refractivity contribution is -0.115. The van der Waals surface area contributed by atoms with Crippen LogP contribution < -0.4 is 19.5 Å². The minimum absolute atomic E-state index is 0.128. The Hall–Kier alpha value is -2.89. The molecule has 0 radical (unpaired) electrons. The maximum atomic E-state index is 12.4. The third-order valence-electron chi connectivity index (χ3n) is 3.96. The van der Waals surface area contributed by atoms with Crippen molar-refractivity contribution < 1.29 is 19.0 Å². The highest BCUT2D eigenvalue weighted by molar-refractivity contribution is 9.10. The van der Waals surface area contributed by atoms with Crippen LogP contribution in [0, 0.1) is 12.3 Å². The molecule has 2 aromatic rings. The van der Waals surface area contributed by atoms with Crippen LogP contribution in [0.5, 0.6) is 17.2 Å². The number of nitrogens with zero attached hydrogens (tertiary/aromatic N) is 1. The smallest absolute Gasteiger partial charge is 0.264 e. The summed E-state index contributed by atoms with van der Waals surface area (Å²) in [6.45, 7) is 5.01. The Bertz CT molecular complexity index is 1060. The lowest BCUT2D eigenvalue weighted by Gasteiger charge is -2.13. The van der Waals surface area contributed by atoms with Crippen molar-refractivity contribution in [2.45, 2.75) is 13.8 Å². The van der Waals surface area contributed by atoms with E-state index in [4.69, 9.17) is 20.6 Å². The lowest BCUT2D eigenvalue weighted by atomic mass is 10.2. The number of amidine groups is 1. The molecule has 1 aliphatic rings. The monoisotopic (exact) mass is 500 g/mol. The summed E-state index contributed by atoms with van der Waals surface area (Å²) in [5.74, 6) is 4.08. The highest BCUT2D eigenvalue weighted by Crippen LogP contribution is 2.38. The van der Waals surface area contributed by atoms with Gasteiger partial charge in [0, 0.05) is 0 Å². The summed E-state index contributed by atoms with van der Waals surface area (Å²) in [7, 11) is 0. The molecule has 1 N–H and O–H groups in total. The highest BCUT2D eigenvalue weighted by atomic mass is 79.9. The Kier molecular flexibility index (Phi) is 8.04. The maximum absolute atomic E-state index is 12.4. The number of ether oxygens (including phenoxy) is 3. The number of benzene rings is 2. The number of thioether (sulfide) groups is 1. The zero-order valence-electron chi connectivity index (χ0n) is 17.1. The first kappa shape index (κ1) is 22.8. The molecule has 3 rings (SSSR count). The summed E-state index contributed by atoms with van der Waals surface area (Å²) in [4.78, 5) is 17.4. The number of terminal acetylenes is 1. The molecular weight excluding hydrogens is 480 g/mol. The standard InChI is InChI=1S/C23H21BrN2O4S/c1-4-11-30-21-18(24)12-15(13-19(21)29-6-3)14-20-22(27)26-23(31-20)25-16-7-9-17(10-8-16)28-5-2/h1,7-10,12-14H,5-6,11H2,2-3H3,(H,25,26,27)/b20-14+. The summed E-state index contributed by atoms with van der Waals surface area (Å²) >= 11 is 4.76. The first-order chi connectivity index (χ1) is 15.0. The van der Waals surface area contributed by atoms with Gasteiger partial charge in [-0.1, -0.05) is 5.92 Å². The van der Waals surface area contributed by atoms with E-state index in [9.17, 15) is 4.79 Å². The molecule has 0 unspecified atom stereocenters. The van der Waals surface area contributed by atoms with Gasteiger partial charge in [-0.25, -0.2) is 4.99 Å². The average molecular weight is 501 g/mol. The normalized spacial score (nSPS) is 15.6. The lowest BCUT2D eigenvalue weighted by Crippen LogP contribution is -2.19. The van der Waals surface area contributed by atoms with Crippen molar-refractivity contribution >= 4 is 50.5 Å². The Balaban J connectivity index is 1.82. The van der Waals surface area contributed by atoms with Gasteiger partial charge in [0.05, 0.1) is 28.3 Å². The van der Waals surface area contributed by atoms with E-state index in [0.29, 0.717) is 39.3 Å². The Morgan fingerprint density at radius 3 is 2.58 bits per heavy atom. The highest BCUT2D eigenvalue weighted by Gasteiger charge is 2.24. The number of amides is 1. The van der Waals surface area contributed by atoms with Gasteiger partial charge < -0.3 is 19.5 Å². The molecule has 6 nitrogen and oxygen atoms in total. The van der Waals surface area contributed by atoms with E-state index in [2.05, 4.69) is 32.2 Å². The van der Waals surface area contributed by atoms with Gasteiger partial charge in [-0.2, -0.15) is 0 Å². The maximum Gasteiger partial charge on any atom is 0.264 e. The van der Waals surface area contributed by atoms with Crippen molar-refractivity contribution in [1.82, 2.24) is 5.32 Å². The number of carbonyl (C=O) groups excluding carboxylic acids is 1. The molecule has 1 fully saturated rings. The fraction of sp³-hybridized carbons (Fsp3) is 0.217. The fourth-order valence-electron chi connectivity index (χ4n) is 2.72. The Morgan fingerprint density at radius 1 is 1.16 bits per heavy atom. The SMILES string of the molecule is C#CCOc1c(Br)cc(/C=C2/SC(=Nc3ccc(OCC)cc3)NC2=O)cc1OCC. The quantitative estimate of drug-likeness (QED) is 0.400. The minimum Gasteiger partial charge on any atom is -0.494 e. The summed E-state index contributed by atoms with van der Waals surface area (Å²) in [5, 5.41) is 3.30. The van der Waals surface area contributed by atoms with E-state index < -0.39 is 0 Å². The molecule has 1 heterocycles. The molecule has 0 aliphatic carbocycles. The zero-order chi connectivity index (χ0) is 22.2. The van der Waals surface area contributed by atoms with Gasteiger partial charge in [-0.05, 0) is 89.6 Å². The van der Waals surface area contributed by atoms with Crippen molar-refractivity contribution in [2.75, 3.05) is 19.8 Å². The van der Waals surface area contributed by atoms with E-state index in [1.807, 2.05) is 50.2 Å². The minimum atomic E-state index is -0.212. The average Bonchev–Trinajstić information content (AvgIpc) is 3.08. The predicted octanol–water partition coefficient (Wildman–Crippen LogP) is 5.15. The Morgan fingerprint density at radius 2 is 1.90 bits per heavy atom. The number of halogens is 1. The van der Waals surface area contributed by atoms with Crippen LogP contribution in [-0.2, 0) is 4.79 Å². The van der Waals surface area contributed by atoms with Crippen molar-refractivity contribution in [1.29, 1.82) is 0 Å². The van der Waals surface area contributed by atoms with Gasteiger partial charge in [-0.3, -0.25) is 4.79 Å². The Labute approximate surface area is 194 Å². The number of hydrogen-bond donors (Lipinski definition) is 1. The fourth-order valence-corrected chi connectivity index (χ4v) is 4.14. The molecule has 1 amide bonds. The summed E-state index contributed by atoms with van der Waals surface area (Å²) in [6.07, 6.45) is 7.07. The number of carbonyl (C=O) groups is 1. The summed E-state index contributed by atoms with van der Waals surface area (Å²) < 4.78 is 17.4. The second kappa shape index (κ2) is 10.9. The van der Waals surface area contributed by atoms with Crippen molar-refractivity contribution in [3.8, 4) is 29.6 Å². The molecule has 0 aromatic heterocycles. The van der Waals surface area contributed by atoms with Crippen LogP contribution >= 0.6 is 27.7 Å². The molecule has 31 heavy (non-hydrogen) atoms. The van der Waals surface area contributed by atoms with Gasteiger partial charge in [0.15, 0.2) is 16.7 Å². The summed E-state index contributed by atoms with van der Waals surface area (Å²) in [5.41, 5.74) is 1.51. The predicted molar refractivity (Wildman–Crippen MR) is 128 cm³/mol. The van der Waals surface area contributed by atoms with E-state index in [1.54, 1.807) is 6.08 Å². The molecule has 0 bridgehead atoms. The van der Waals surface area contributed by atoms with Crippen LogP contribution in [0.3, 0.4) is 0 Å². The first-order valence-electron chi connectivity index (χ1n) is 9.59. The van der Waals surface area contributed by atoms with E-state index in [0.717, 1.165) is 17.0 Å². The van der Waals surface area contributed by atoms with Crippen LogP contribution in [0.25, 0.3) is 6.08 Å². The number of nitrogens with one attached hydrogen (secondary N) is 1. The van der Waals surface area contributed by atoms with Gasteiger partial charge in [-0.15, -0.1) is 6.42 Å². The molecule has 0 saturated carbocycles. The van der Waals surface area contributed by atoms with E-state index in [-0.39, 0.29) is 12.5 Å². The molecule has 0 spiro atoms. The van der Waals surface area contributed by atoms with Gasteiger partial charge in [0.1, 0.15) is 12.4 Å². The molecular formula is C23H21BrN2O4S. The van der Waals surface area contributed by atoms with Crippen LogP contribution in [0.15, 0.2) is 50.8 Å². The van der Waals surface area contributed by atoms with E-state index >= 15 is 0 Å². The van der Waals surface area contributed by atoms with Crippen molar-refractivity contribution in [3.63, 3.8) is 0 Å². The van der Waals surface area contributed by atoms with Gasteiger partial charge in [0.25, 0.3) is 5.91 Å². The number of rotatable bonds is 8. The number of hydrogen-bond acceptors (Lipinski definition) is 6. The van der Waals surface area contributed by atoms with Crippen LogP contribution in [-0.4, -0.2) is 30.9 Å². The molecule has 0 atom stereocenters. The van der Waals surface area contributed by atoms with Crippen molar-refractivity contribution in [2.24, 2.45) is 4.99 Å². The first-order valence-corrected chi connectivity index (χ1v) is 11.2. The van der Waals surface area contributed by atoms with Crippen molar-refractivity contribution in [3.05, 3.63) is 51.3 Å². The number of aliphatic imine (C=N–C) groups is 1. The topological polar surface area (TPSA) is 69.2 Å².